The van der Waals surface area contributed by atoms with Gasteiger partial charge in [0.05, 0.1) is 5.41 Å². The Kier molecular flexibility index (Phi) is 6.80. The molecule has 3 N–H and O–H groups in total. The van der Waals surface area contributed by atoms with Gasteiger partial charge >= 0.3 is 0 Å². The highest BCUT2D eigenvalue weighted by Crippen LogP contribution is 2.25. The van der Waals surface area contributed by atoms with Crippen LogP contribution < -0.4 is 11.1 Å². The molecule has 0 spiro atoms. The number of piperidine rings is 1. The molecule has 1 unspecified atom stereocenters. The van der Waals surface area contributed by atoms with Gasteiger partial charge in [-0.1, -0.05) is 20.3 Å². The fourth-order valence-electron chi connectivity index (χ4n) is 2.90. The van der Waals surface area contributed by atoms with Crippen molar-refractivity contribution in [3.05, 3.63) is 0 Å². The highest BCUT2D eigenvalue weighted by atomic mass is 16.2. The molecule has 0 aromatic carbocycles. The van der Waals surface area contributed by atoms with E-state index >= 15 is 0 Å². The summed E-state index contributed by atoms with van der Waals surface area (Å²) in [6, 6.07) is 0.203. The molecule has 1 aliphatic rings. The van der Waals surface area contributed by atoms with E-state index in [1.807, 2.05) is 13.8 Å². The number of nitrogens with two attached hydrogens (primary N) is 1. The van der Waals surface area contributed by atoms with E-state index < -0.39 is 0 Å². The van der Waals surface area contributed by atoms with Gasteiger partial charge in [0.2, 0.25) is 5.91 Å². The van der Waals surface area contributed by atoms with Gasteiger partial charge in [-0.25, -0.2) is 0 Å². The molecule has 1 atom stereocenters. The third-order valence-electron chi connectivity index (χ3n) is 4.58. The van der Waals surface area contributed by atoms with Gasteiger partial charge in [-0.05, 0) is 45.7 Å². The number of carbonyl (C=O) groups is 1. The number of carbonyl (C=O) groups excluding carboxylic acids is 1. The SMILES string of the molecule is CCC(CC)(CN)C(=O)NC(C)CN1CCCCC1. The van der Waals surface area contributed by atoms with Crippen LogP contribution in [0.3, 0.4) is 0 Å². The maximum atomic E-state index is 12.4. The fourth-order valence-corrected chi connectivity index (χ4v) is 2.90. The lowest BCUT2D eigenvalue weighted by atomic mass is 9.81. The molecule has 1 aliphatic heterocycles. The third kappa shape index (κ3) is 4.46. The monoisotopic (exact) mass is 269 g/mol. The number of nitrogens with one attached hydrogen (secondary N) is 1. The second-order valence-electron chi connectivity index (χ2n) is 5.93. The molecule has 0 bridgehead atoms. The van der Waals surface area contributed by atoms with Crippen LogP contribution in [0.2, 0.25) is 0 Å². The largest absolute Gasteiger partial charge is 0.352 e. The van der Waals surface area contributed by atoms with Crippen LogP contribution in [0, 0.1) is 5.41 Å². The Morgan fingerprint density at radius 3 is 2.32 bits per heavy atom. The molecule has 4 heteroatoms. The van der Waals surface area contributed by atoms with Crippen LogP contribution in [-0.4, -0.2) is 43.0 Å². The van der Waals surface area contributed by atoms with Gasteiger partial charge in [0.25, 0.3) is 0 Å². The van der Waals surface area contributed by atoms with Gasteiger partial charge in [0.1, 0.15) is 0 Å². The topological polar surface area (TPSA) is 58.4 Å². The summed E-state index contributed by atoms with van der Waals surface area (Å²) in [7, 11) is 0. The first-order valence-electron chi connectivity index (χ1n) is 7.81. The number of amides is 1. The summed E-state index contributed by atoms with van der Waals surface area (Å²) in [5.74, 6) is 0.129. The predicted molar refractivity (Wildman–Crippen MR) is 80.0 cm³/mol. The molecule has 0 radical (unpaired) electrons. The summed E-state index contributed by atoms with van der Waals surface area (Å²) in [5.41, 5.74) is 5.44. The molecule has 0 saturated carbocycles. The molecule has 112 valence electrons. The number of hydrogen-bond acceptors (Lipinski definition) is 3. The minimum atomic E-state index is -0.379. The van der Waals surface area contributed by atoms with Crippen molar-refractivity contribution in [2.75, 3.05) is 26.2 Å². The zero-order valence-electron chi connectivity index (χ0n) is 12.9. The van der Waals surface area contributed by atoms with E-state index in [4.69, 9.17) is 5.73 Å². The van der Waals surface area contributed by atoms with Crippen molar-refractivity contribution >= 4 is 5.91 Å². The second-order valence-corrected chi connectivity index (χ2v) is 5.93. The zero-order chi connectivity index (χ0) is 14.3. The van der Waals surface area contributed by atoms with Gasteiger partial charge in [0.15, 0.2) is 0 Å². The van der Waals surface area contributed by atoms with E-state index in [-0.39, 0.29) is 17.4 Å². The van der Waals surface area contributed by atoms with Crippen LogP contribution in [-0.2, 0) is 4.79 Å². The quantitative estimate of drug-likeness (QED) is 0.740. The van der Waals surface area contributed by atoms with E-state index in [0.29, 0.717) is 6.54 Å². The van der Waals surface area contributed by atoms with E-state index in [9.17, 15) is 4.79 Å². The molecule has 1 rings (SSSR count). The molecule has 4 nitrogen and oxygen atoms in total. The molecule has 1 saturated heterocycles. The molecular weight excluding hydrogens is 238 g/mol. The van der Waals surface area contributed by atoms with Gasteiger partial charge in [-0.2, -0.15) is 0 Å². The van der Waals surface area contributed by atoms with E-state index in [1.165, 1.54) is 32.4 Å². The first kappa shape index (κ1) is 16.4. The van der Waals surface area contributed by atoms with Gasteiger partial charge in [-0.15, -0.1) is 0 Å². The minimum Gasteiger partial charge on any atom is -0.352 e. The summed E-state index contributed by atoms with van der Waals surface area (Å²) < 4.78 is 0. The normalized spacial score (nSPS) is 19.2. The first-order valence-corrected chi connectivity index (χ1v) is 7.81. The summed E-state index contributed by atoms with van der Waals surface area (Å²) in [6.07, 6.45) is 5.54. The summed E-state index contributed by atoms with van der Waals surface area (Å²) in [6.45, 7) is 9.92. The van der Waals surface area contributed by atoms with Crippen molar-refractivity contribution in [1.29, 1.82) is 0 Å². The van der Waals surface area contributed by atoms with Crippen LogP contribution in [0.4, 0.5) is 0 Å². The maximum absolute atomic E-state index is 12.4. The number of likely N-dealkylation sites (tertiary alicyclic amines) is 1. The van der Waals surface area contributed by atoms with Crippen LogP contribution in [0.15, 0.2) is 0 Å². The summed E-state index contributed by atoms with van der Waals surface area (Å²) >= 11 is 0. The van der Waals surface area contributed by atoms with Crippen molar-refractivity contribution in [3.8, 4) is 0 Å². The zero-order valence-corrected chi connectivity index (χ0v) is 12.9. The van der Waals surface area contributed by atoms with Crippen molar-refractivity contribution in [2.45, 2.75) is 58.9 Å². The maximum Gasteiger partial charge on any atom is 0.227 e. The average Bonchev–Trinajstić information content (AvgIpc) is 2.42. The molecule has 1 fully saturated rings. The minimum absolute atomic E-state index is 0.129. The average molecular weight is 269 g/mol. The Balaban J connectivity index is 2.45. The third-order valence-corrected chi connectivity index (χ3v) is 4.58. The van der Waals surface area contributed by atoms with Crippen molar-refractivity contribution in [3.63, 3.8) is 0 Å². The Labute approximate surface area is 118 Å². The summed E-state index contributed by atoms with van der Waals surface area (Å²) in [5, 5.41) is 3.16. The molecule has 19 heavy (non-hydrogen) atoms. The molecule has 0 aromatic rings. The van der Waals surface area contributed by atoms with Crippen molar-refractivity contribution in [2.24, 2.45) is 11.1 Å². The highest BCUT2D eigenvalue weighted by molar-refractivity contribution is 5.83. The Morgan fingerprint density at radius 2 is 1.84 bits per heavy atom. The predicted octanol–water partition coefficient (Wildman–Crippen LogP) is 1.74. The van der Waals surface area contributed by atoms with Gasteiger partial charge in [0, 0.05) is 19.1 Å². The van der Waals surface area contributed by atoms with Crippen LogP contribution in [0.25, 0.3) is 0 Å². The van der Waals surface area contributed by atoms with Gasteiger partial charge in [-0.3, -0.25) is 4.79 Å². The first-order chi connectivity index (χ1) is 9.07. The molecule has 1 heterocycles. The molecule has 0 aromatic heterocycles. The standard InChI is InChI=1S/C15H31N3O/c1-4-15(5-2,12-16)14(19)17-13(3)11-18-9-7-6-8-10-18/h13H,4-12,16H2,1-3H3,(H,17,19). The smallest absolute Gasteiger partial charge is 0.227 e. The van der Waals surface area contributed by atoms with Crippen LogP contribution in [0.1, 0.15) is 52.9 Å². The van der Waals surface area contributed by atoms with Crippen LogP contribution >= 0.6 is 0 Å². The van der Waals surface area contributed by atoms with E-state index in [0.717, 1.165) is 19.4 Å². The second kappa shape index (κ2) is 7.85. The molecule has 1 amide bonds. The van der Waals surface area contributed by atoms with Crippen molar-refractivity contribution in [1.82, 2.24) is 10.2 Å². The molecular formula is C15H31N3O. The Morgan fingerprint density at radius 1 is 1.26 bits per heavy atom. The van der Waals surface area contributed by atoms with E-state index in [2.05, 4.69) is 17.1 Å². The number of rotatable bonds is 7. The molecule has 0 aliphatic carbocycles. The lowest BCUT2D eigenvalue weighted by Gasteiger charge is -2.33. The van der Waals surface area contributed by atoms with Gasteiger partial charge < -0.3 is 16.0 Å². The lowest BCUT2D eigenvalue weighted by molar-refractivity contribution is -0.131. The summed E-state index contributed by atoms with van der Waals surface area (Å²) in [4.78, 5) is 14.9. The highest BCUT2D eigenvalue weighted by Gasteiger charge is 2.34. The Hall–Kier alpha value is -0.610. The number of hydrogen-bond donors (Lipinski definition) is 2. The fraction of sp³-hybridized carbons (Fsp3) is 0.933. The number of nitrogens with zero attached hydrogens (tertiary/aromatic N) is 1. The van der Waals surface area contributed by atoms with Crippen molar-refractivity contribution < 1.29 is 4.79 Å². The lowest BCUT2D eigenvalue weighted by Crippen LogP contribution is -2.51. The van der Waals surface area contributed by atoms with E-state index in [1.54, 1.807) is 0 Å². The Bertz CT molecular complexity index is 262. The van der Waals surface area contributed by atoms with Crippen LogP contribution in [0.5, 0.6) is 0 Å².